The third-order valence-electron chi connectivity index (χ3n) is 3.21. The standard InChI is InChI=1S/C16H14N4O4S/c1-2-23-16(22)9-4-3-5-10(8-9)19-14(21)11-12(20-24-13(11)17)15-18-6-7-25-15/h3-8H,2,17H2,1H3,(H,19,21). The van der Waals surface area contributed by atoms with Crippen LogP contribution >= 0.6 is 11.3 Å². The first-order chi connectivity index (χ1) is 12.1. The lowest BCUT2D eigenvalue weighted by molar-refractivity contribution is 0.0526. The maximum atomic E-state index is 12.6. The molecular formula is C16H14N4O4S. The van der Waals surface area contributed by atoms with Crippen molar-refractivity contribution < 1.29 is 18.8 Å². The van der Waals surface area contributed by atoms with Gasteiger partial charge >= 0.3 is 5.97 Å². The number of hydrogen-bond acceptors (Lipinski definition) is 8. The van der Waals surface area contributed by atoms with E-state index in [9.17, 15) is 9.59 Å². The minimum atomic E-state index is -0.509. The molecule has 128 valence electrons. The number of aromatic nitrogens is 2. The Bertz CT molecular complexity index is 905. The number of anilines is 2. The average Bonchev–Trinajstić information content (AvgIpc) is 3.24. The van der Waals surface area contributed by atoms with Gasteiger partial charge in [0.25, 0.3) is 5.91 Å². The Morgan fingerprint density at radius 3 is 2.96 bits per heavy atom. The van der Waals surface area contributed by atoms with Gasteiger partial charge in [0.1, 0.15) is 10.6 Å². The molecule has 0 aliphatic heterocycles. The third-order valence-corrected chi connectivity index (χ3v) is 3.99. The molecular weight excluding hydrogens is 344 g/mol. The lowest BCUT2D eigenvalue weighted by Crippen LogP contribution is -2.14. The number of hydrogen-bond donors (Lipinski definition) is 2. The number of benzene rings is 1. The molecule has 0 atom stereocenters. The van der Waals surface area contributed by atoms with Crippen molar-refractivity contribution in [1.29, 1.82) is 0 Å². The van der Waals surface area contributed by atoms with Crippen LogP contribution in [0.15, 0.2) is 40.4 Å². The highest BCUT2D eigenvalue weighted by atomic mass is 32.1. The molecule has 3 rings (SSSR count). The van der Waals surface area contributed by atoms with E-state index in [0.29, 0.717) is 16.3 Å². The molecule has 1 aromatic carbocycles. The molecule has 25 heavy (non-hydrogen) atoms. The van der Waals surface area contributed by atoms with E-state index in [-0.39, 0.29) is 23.7 Å². The zero-order valence-electron chi connectivity index (χ0n) is 13.2. The van der Waals surface area contributed by atoms with E-state index in [0.717, 1.165) is 0 Å². The summed E-state index contributed by atoms with van der Waals surface area (Å²) >= 11 is 1.31. The monoisotopic (exact) mass is 358 g/mol. The predicted molar refractivity (Wildman–Crippen MR) is 92.4 cm³/mol. The fourth-order valence-electron chi connectivity index (χ4n) is 2.14. The molecule has 0 fully saturated rings. The van der Waals surface area contributed by atoms with Crippen LogP contribution in [0.5, 0.6) is 0 Å². The summed E-state index contributed by atoms with van der Waals surface area (Å²) in [6, 6.07) is 6.40. The maximum Gasteiger partial charge on any atom is 0.338 e. The highest BCUT2D eigenvalue weighted by Gasteiger charge is 2.24. The Morgan fingerprint density at radius 1 is 1.40 bits per heavy atom. The molecule has 9 heteroatoms. The Morgan fingerprint density at radius 2 is 2.24 bits per heavy atom. The quantitative estimate of drug-likeness (QED) is 0.673. The number of nitrogen functional groups attached to an aromatic ring is 1. The van der Waals surface area contributed by atoms with Gasteiger partial charge in [0.15, 0.2) is 5.69 Å². The maximum absolute atomic E-state index is 12.6. The van der Waals surface area contributed by atoms with Crippen molar-refractivity contribution in [1.82, 2.24) is 10.1 Å². The molecule has 2 aromatic heterocycles. The number of rotatable bonds is 5. The van der Waals surface area contributed by atoms with Crippen molar-refractivity contribution in [3.05, 3.63) is 47.0 Å². The molecule has 3 N–H and O–H groups in total. The van der Waals surface area contributed by atoms with E-state index < -0.39 is 11.9 Å². The van der Waals surface area contributed by atoms with Gasteiger partial charge in [0, 0.05) is 17.3 Å². The summed E-state index contributed by atoms with van der Waals surface area (Å²) in [6.45, 7) is 1.99. The topological polar surface area (TPSA) is 120 Å². The van der Waals surface area contributed by atoms with E-state index >= 15 is 0 Å². The molecule has 3 aromatic rings. The van der Waals surface area contributed by atoms with Crippen molar-refractivity contribution in [2.75, 3.05) is 17.7 Å². The average molecular weight is 358 g/mol. The van der Waals surface area contributed by atoms with Crippen LogP contribution in [0, 0.1) is 0 Å². The van der Waals surface area contributed by atoms with E-state index in [4.69, 9.17) is 15.0 Å². The van der Waals surface area contributed by atoms with E-state index in [2.05, 4.69) is 15.5 Å². The highest BCUT2D eigenvalue weighted by molar-refractivity contribution is 7.13. The van der Waals surface area contributed by atoms with Crippen molar-refractivity contribution in [2.45, 2.75) is 6.92 Å². The first kappa shape index (κ1) is 16.7. The molecule has 0 spiro atoms. The molecule has 0 saturated carbocycles. The van der Waals surface area contributed by atoms with Crippen LogP contribution in [0.1, 0.15) is 27.6 Å². The number of esters is 1. The summed E-state index contributed by atoms with van der Waals surface area (Å²) in [5.41, 5.74) is 6.85. The van der Waals surface area contributed by atoms with Crippen molar-refractivity contribution >= 4 is 34.8 Å². The van der Waals surface area contributed by atoms with Crippen LogP contribution < -0.4 is 11.1 Å². The fourth-order valence-corrected chi connectivity index (χ4v) is 2.76. The van der Waals surface area contributed by atoms with Crippen molar-refractivity contribution in [3.63, 3.8) is 0 Å². The fraction of sp³-hybridized carbons (Fsp3) is 0.125. The summed E-state index contributed by atoms with van der Waals surface area (Å²) in [5.74, 6) is -1.08. The highest BCUT2D eigenvalue weighted by Crippen LogP contribution is 2.29. The summed E-state index contributed by atoms with van der Waals surface area (Å²) in [6.07, 6.45) is 1.59. The minimum Gasteiger partial charge on any atom is -0.462 e. The van der Waals surface area contributed by atoms with Crippen LogP contribution in [0.4, 0.5) is 11.6 Å². The Hall–Kier alpha value is -3.20. The van der Waals surface area contributed by atoms with Crippen LogP contribution in [-0.4, -0.2) is 28.6 Å². The van der Waals surface area contributed by atoms with Gasteiger partial charge in [-0.2, -0.15) is 0 Å². The molecule has 0 unspecified atom stereocenters. The predicted octanol–water partition coefficient (Wildman–Crippen LogP) is 2.81. The minimum absolute atomic E-state index is 0.0940. The number of carbonyl (C=O) groups is 2. The molecule has 0 saturated heterocycles. The summed E-state index contributed by atoms with van der Waals surface area (Å²) in [4.78, 5) is 28.5. The second-order valence-corrected chi connectivity index (χ2v) is 5.76. The van der Waals surface area contributed by atoms with Crippen molar-refractivity contribution in [2.24, 2.45) is 0 Å². The number of amides is 1. The van der Waals surface area contributed by atoms with Gasteiger partial charge < -0.3 is 20.3 Å². The van der Waals surface area contributed by atoms with Crippen LogP contribution in [0.25, 0.3) is 10.7 Å². The van der Waals surface area contributed by atoms with Gasteiger partial charge in [-0.1, -0.05) is 11.2 Å². The van der Waals surface area contributed by atoms with Crippen molar-refractivity contribution in [3.8, 4) is 10.7 Å². The largest absolute Gasteiger partial charge is 0.462 e. The second kappa shape index (κ2) is 7.14. The van der Waals surface area contributed by atoms with Crippen LogP contribution in [-0.2, 0) is 4.74 Å². The van der Waals surface area contributed by atoms with Gasteiger partial charge in [-0.05, 0) is 25.1 Å². The zero-order valence-corrected chi connectivity index (χ0v) is 14.0. The number of nitrogens with one attached hydrogen (secondary N) is 1. The SMILES string of the molecule is CCOC(=O)c1cccc(NC(=O)c2c(-c3nccs3)noc2N)c1. The van der Waals surface area contributed by atoms with E-state index in [1.165, 1.54) is 17.4 Å². The Balaban J connectivity index is 1.85. The lowest BCUT2D eigenvalue weighted by Gasteiger charge is -2.07. The first-order valence-corrected chi connectivity index (χ1v) is 8.21. The number of nitrogens with two attached hydrogens (primary N) is 1. The normalized spacial score (nSPS) is 10.4. The summed E-state index contributed by atoms with van der Waals surface area (Å²) in [7, 11) is 0. The van der Waals surface area contributed by atoms with E-state index in [1.807, 2.05) is 0 Å². The van der Waals surface area contributed by atoms with Crippen LogP contribution in [0.3, 0.4) is 0 Å². The van der Waals surface area contributed by atoms with Gasteiger partial charge in [-0.15, -0.1) is 11.3 Å². The molecule has 8 nitrogen and oxygen atoms in total. The summed E-state index contributed by atoms with van der Waals surface area (Å²) in [5, 5.41) is 8.75. The number of ether oxygens (including phenoxy) is 1. The Kier molecular flexibility index (Phi) is 4.75. The molecule has 1 amide bonds. The molecule has 0 radical (unpaired) electrons. The molecule has 0 aliphatic rings. The smallest absolute Gasteiger partial charge is 0.338 e. The van der Waals surface area contributed by atoms with Gasteiger partial charge in [-0.3, -0.25) is 4.79 Å². The van der Waals surface area contributed by atoms with Crippen LogP contribution in [0.2, 0.25) is 0 Å². The third kappa shape index (κ3) is 3.50. The number of carbonyl (C=O) groups excluding carboxylic acids is 2. The molecule has 2 heterocycles. The summed E-state index contributed by atoms with van der Waals surface area (Å²) < 4.78 is 9.88. The lowest BCUT2D eigenvalue weighted by atomic mass is 10.1. The first-order valence-electron chi connectivity index (χ1n) is 7.33. The van der Waals surface area contributed by atoms with Gasteiger partial charge in [-0.25, -0.2) is 9.78 Å². The number of nitrogens with zero attached hydrogens (tertiary/aromatic N) is 2. The molecule has 0 aliphatic carbocycles. The van der Waals surface area contributed by atoms with E-state index in [1.54, 1.807) is 36.7 Å². The van der Waals surface area contributed by atoms with Gasteiger partial charge in [0.05, 0.1) is 12.2 Å². The van der Waals surface area contributed by atoms with Gasteiger partial charge in [0.2, 0.25) is 5.88 Å². The second-order valence-electron chi connectivity index (χ2n) is 4.86. The zero-order chi connectivity index (χ0) is 17.8. The molecule has 0 bridgehead atoms. The Labute approximate surface area is 146 Å². The number of thiazole rings is 1.